The van der Waals surface area contributed by atoms with E-state index in [1.807, 2.05) is 54.6 Å². The molecule has 3 aromatic rings. The molecule has 0 heterocycles. The molecule has 0 aromatic heterocycles. The van der Waals surface area contributed by atoms with Crippen LogP contribution in [0.2, 0.25) is 0 Å². The monoisotopic (exact) mass is 324 g/mol. The summed E-state index contributed by atoms with van der Waals surface area (Å²) in [6, 6.07) is 23.6. The Morgan fingerprint density at radius 2 is 1.61 bits per heavy atom. The fraction of sp³-hybridized carbons (Fsp3) is 0.0526. The largest absolute Gasteiger partial charge is 0.508 e. The van der Waals surface area contributed by atoms with Crippen molar-refractivity contribution in [2.75, 3.05) is 0 Å². The van der Waals surface area contributed by atoms with Crippen LogP contribution in [0.15, 0.2) is 83.8 Å². The van der Waals surface area contributed by atoms with Crippen LogP contribution in [-0.2, 0) is 16.6 Å². The summed E-state index contributed by atoms with van der Waals surface area (Å²) in [5, 5.41) is 9.52. The average Bonchev–Trinajstić information content (AvgIpc) is 2.57. The maximum Gasteiger partial charge on any atom is 0.131 e. The lowest BCUT2D eigenvalue weighted by molar-refractivity contribution is 0.473. The molecule has 0 saturated heterocycles. The summed E-state index contributed by atoms with van der Waals surface area (Å²) in [6.07, 6.45) is 0. The van der Waals surface area contributed by atoms with E-state index in [1.54, 1.807) is 18.2 Å². The molecule has 1 N–H and O–H groups in total. The molecule has 0 spiro atoms. The molecule has 4 heteroatoms. The first-order valence-electron chi connectivity index (χ1n) is 7.20. The van der Waals surface area contributed by atoms with Gasteiger partial charge in [0, 0.05) is 10.5 Å². The van der Waals surface area contributed by atoms with Crippen molar-refractivity contribution in [2.45, 2.75) is 10.6 Å². The molecule has 23 heavy (non-hydrogen) atoms. The number of benzene rings is 3. The zero-order chi connectivity index (χ0) is 16.1. The SMILES string of the molecule is O=S(Cc1ccccc1Oc1ccccc1)c1cccc(O)c1. The van der Waals surface area contributed by atoms with Gasteiger partial charge in [0.15, 0.2) is 0 Å². The molecule has 3 aromatic carbocycles. The third-order valence-electron chi connectivity index (χ3n) is 3.31. The lowest BCUT2D eigenvalue weighted by atomic mass is 10.2. The van der Waals surface area contributed by atoms with E-state index in [0.29, 0.717) is 16.4 Å². The third-order valence-corrected chi connectivity index (χ3v) is 4.66. The standard InChI is InChI=1S/C19H16O3S/c20-16-8-6-11-18(13-16)23(21)14-15-7-4-5-12-19(15)22-17-9-2-1-3-10-17/h1-13,20H,14H2. The maximum atomic E-state index is 12.5. The van der Waals surface area contributed by atoms with Crippen molar-refractivity contribution in [3.05, 3.63) is 84.4 Å². The molecule has 0 fully saturated rings. The van der Waals surface area contributed by atoms with E-state index in [0.717, 1.165) is 11.3 Å². The number of phenolic OH excluding ortho intramolecular Hbond substituents is 1. The molecule has 0 amide bonds. The Morgan fingerprint density at radius 3 is 2.39 bits per heavy atom. The molecule has 0 aliphatic carbocycles. The lowest BCUT2D eigenvalue weighted by Gasteiger charge is -2.11. The maximum absolute atomic E-state index is 12.5. The Bertz CT molecular complexity index is 816. The van der Waals surface area contributed by atoms with Crippen molar-refractivity contribution in [1.29, 1.82) is 0 Å². The van der Waals surface area contributed by atoms with Gasteiger partial charge in [-0.25, -0.2) is 0 Å². The summed E-state index contributed by atoms with van der Waals surface area (Å²) >= 11 is 0. The van der Waals surface area contributed by atoms with Crippen molar-refractivity contribution < 1.29 is 14.1 Å². The Balaban J connectivity index is 1.82. The second-order valence-corrected chi connectivity index (χ2v) is 6.46. The van der Waals surface area contributed by atoms with E-state index in [-0.39, 0.29) is 5.75 Å². The van der Waals surface area contributed by atoms with Gasteiger partial charge in [-0.3, -0.25) is 4.21 Å². The molecule has 3 nitrogen and oxygen atoms in total. The van der Waals surface area contributed by atoms with Gasteiger partial charge in [0.05, 0.1) is 16.6 Å². The summed E-state index contributed by atoms with van der Waals surface area (Å²) in [6.45, 7) is 0. The van der Waals surface area contributed by atoms with E-state index in [1.165, 1.54) is 6.07 Å². The van der Waals surface area contributed by atoms with E-state index in [2.05, 4.69) is 0 Å². The second-order valence-electron chi connectivity index (χ2n) is 5.01. The van der Waals surface area contributed by atoms with Crippen LogP contribution in [0.25, 0.3) is 0 Å². The molecular weight excluding hydrogens is 308 g/mol. The van der Waals surface area contributed by atoms with Gasteiger partial charge in [0.2, 0.25) is 0 Å². The first-order chi connectivity index (χ1) is 11.2. The first-order valence-corrected chi connectivity index (χ1v) is 8.52. The average molecular weight is 324 g/mol. The van der Waals surface area contributed by atoms with Crippen LogP contribution in [0.4, 0.5) is 0 Å². The highest BCUT2D eigenvalue weighted by atomic mass is 32.2. The van der Waals surface area contributed by atoms with Crippen LogP contribution in [0.3, 0.4) is 0 Å². The predicted molar refractivity (Wildman–Crippen MR) is 91.2 cm³/mol. The summed E-state index contributed by atoms with van der Waals surface area (Å²) in [4.78, 5) is 0.597. The summed E-state index contributed by atoms with van der Waals surface area (Å²) in [5.41, 5.74) is 0.859. The smallest absolute Gasteiger partial charge is 0.131 e. The van der Waals surface area contributed by atoms with Crippen LogP contribution in [0.1, 0.15) is 5.56 Å². The first kappa shape index (κ1) is 15.3. The van der Waals surface area contributed by atoms with Gasteiger partial charge in [-0.05, 0) is 36.4 Å². The molecule has 0 radical (unpaired) electrons. The molecule has 0 bridgehead atoms. The van der Waals surface area contributed by atoms with Gasteiger partial charge in [-0.1, -0.05) is 42.5 Å². The summed E-state index contributed by atoms with van der Waals surface area (Å²) in [5.74, 6) is 1.87. The number of aromatic hydroxyl groups is 1. The highest BCUT2D eigenvalue weighted by Gasteiger charge is 2.10. The molecule has 0 saturated carbocycles. The highest BCUT2D eigenvalue weighted by molar-refractivity contribution is 7.84. The predicted octanol–water partition coefficient (Wildman–Crippen LogP) is 4.49. The minimum absolute atomic E-state index is 0.115. The van der Waals surface area contributed by atoms with Crippen molar-refractivity contribution in [2.24, 2.45) is 0 Å². The second kappa shape index (κ2) is 7.11. The Hall–Kier alpha value is -2.59. The van der Waals surface area contributed by atoms with Gasteiger partial charge < -0.3 is 9.84 Å². The summed E-state index contributed by atoms with van der Waals surface area (Å²) < 4.78 is 18.4. The Morgan fingerprint density at radius 1 is 0.870 bits per heavy atom. The fourth-order valence-corrected chi connectivity index (χ4v) is 3.36. The van der Waals surface area contributed by atoms with Crippen molar-refractivity contribution >= 4 is 10.8 Å². The zero-order valence-corrected chi connectivity index (χ0v) is 13.2. The summed E-state index contributed by atoms with van der Waals surface area (Å²) in [7, 11) is -1.25. The van der Waals surface area contributed by atoms with Gasteiger partial charge in [-0.15, -0.1) is 0 Å². The van der Waals surface area contributed by atoms with Crippen molar-refractivity contribution in [1.82, 2.24) is 0 Å². The molecule has 1 atom stereocenters. The van der Waals surface area contributed by atoms with Gasteiger partial charge in [0.25, 0.3) is 0 Å². The topological polar surface area (TPSA) is 46.5 Å². The third kappa shape index (κ3) is 3.99. The Labute approximate surface area is 137 Å². The van der Waals surface area contributed by atoms with E-state index in [9.17, 15) is 9.32 Å². The molecule has 0 aliphatic rings. The number of hydrogen-bond acceptors (Lipinski definition) is 3. The molecule has 0 aliphatic heterocycles. The van der Waals surface area contributed by atoms with Crippen molar-refractivity contribution in [3.8, 4) is 17.2 Å². The van der Waals surface area contributed by atoms with Crippen LogP contribution < -0.4 is 4.74 Å². The number of para-hydroxylation sites is 2. The molecular formula is C19H16O3S. The quantitative estimate of drug-likeness (QED) is 0.752. The number of hydrogen-bond donors (Lipinski definition) is 1. The molecule has 3 rings (SSSR count). The number of ether oxygens (including phenoxy) is 1. The zero-order valence-electron chi connectivity index (χ0n) is 12.4. The van der Waals surface area contributed by atoms with E-state index < -0.39 is 10.8 Å². The van der Waals surface area contributed by atoms with Crippen LogP contribution in [0.5, 0.6) is 17.2 Å². The lowest BCUT2D eigenvalue weighted by Crippen LogP contribution is -1.99. The van der Waals surface area contributed by atoms with Gasteiger partial charge >= 0.3 is 0 Å². The fourth-order valence-electron chi connectivity index (χ4n) is 2.19. The minimum atomic E-state index is -1.25. The van der Waals surface area contributed by atoms with Crippen LogP contribution in [0, 0.1) is 0 Å². The Kier molecular flexibility index (Phi) is 4.74. The van der Waals surface area contributed by atoms with Gasteiger partial charge in [0.1, 0.15) is 17.2 Å². The van der Waals surface area contributed by atoms with E-state index >= 15 is 0 Å². The molecule has 1 unspecified atom stereocenters. The van der Waals surface area contributed by atoms with Gasteiger partial charge in [-0.2, -0.15) is 0 Å². The molecule has 116 valence electrons. The van der Waals surface area contributed by atoms with Crippen LogP contribution >= 0.6 is 0 Å². The van der Waals surface area contributed by atoms with Crippen LogP contribution in [-0.4, -0.2) is 9.32 Å². The number of rotatable bonds is 5. The highest BCUT2D eigenvalue weighted by Crippen LogP contribution is 2.27. The van der Waals surface area contributed by atoms with Crippen molar-refractivity contribution in [3.63, 3.8) is 0 Å². The van der Waals surface area contributed by atoms with E-state index in [4.69, 9.17) is 4.74 Å². The normalized spacial score (nSPS) is 11.8. The minimum Gasteiger partial charge on any atom is -0.508 e. The number of phenols is 1.